The van der Waals surface area contributed by atoms with E-state index in [9.17, 15) is 8.42 Å². The van der Waals surface area contributed by atoms with Gasteiger partial charge >= 0.3 is 0 Å². The number of benzene rings is 3. The van der Waals surface area contributed by atoms with Crippen LogP contribution in [0.3, 0.4) is 0 Å². The van der Waals surface area contributed by atoms with Gasteiger partial charge in [0.25, 0.3) is 0 Å². The summed E-state index contributed by atoms with van der Waals surface area (Å²) < 4.78 is 34.3. The molecule has 5 nitrogen and oxygen atoms in total. The molecule has 1 saturated carbocycles. The Hall–Kier alpha value is -2.83. The smallest absolute Gasteiger partial charge is 0.240 e. The summed E-state index contributed by atoms with van der Waals surface area (Å²) in [6.07, 6.45) is 3.97. The molecule has 2 aliphatic carbocycles. The van der Waals surface area contributed by atoms with Crippen molar-refractivity contribution in [2.24, 2.45) is 11.8 Å². The molecular formula is C27H30N2O3S. The first-order valence-corrected chi connectivity index (χ1v) is 13.1. The van der Waals surface area contributed by atoms with Crippen molar-refractivity contribution in [3.05, 3.63) is 89.5 Å². The van der Waals surface area contributed by atoms with Gasteiger partial charge in [0.15, 0.2) is 0 Å². The Morgan fingerprint density at radius 2 is 1.58 bits per heavy atom. The number of rotatable bonds is 7. The molecule has 0 saturated heterocycles. The number of hydrogen-bond acceptors (Lipinski definition) is 4. The minimum atomic E-state index is -3.51. The molecule has 2 N–H and O–H groups in total. The van der Waals surface area contributed by atoms with Gasteiger partial charge in [-0.25, -0.2) is 13.1 Å². The van der Waals surface area contributed by atoms with Crippen molar-refractivity contribution in [2.75, 3.05) is 12.4 Å². The molecule has 5 rings (SSSR count). The van der Waals surface area contributed by atoms with Gasteiger partial charge in [-0.15, -0.1) is 0 Å². The molecule has 3 aromatic carbocycles. The highest BCUT2D eigenvalue weighted by Crippen LogP contribution is 2.41. The van der Waals surface area contributed by atoms with Crippen molar-refractivity contribution in [2.45, 2.75) is 43.2 Å². The molecule has 0 aliphatic heterocycles. The summed E-state index contributed by atoms with van der Waals surface area (Å²) in [5.74, 6) is 1.52. The van der Waals surface area contributed by atoms with Crippen LogP contribution in [0.15, 0.2) is 77.7 Å². The Bertz CT molecular complexity index is 1210. The van der Waals surface area contributed by atoms with Gasteiger partial charge in [0, 0.05) is 18.3 Å². The molecule has 33 heavy (non-hydrogen) atoms. The minimum absolute atomic E-state index is 0.0154. The van der Waals surface area contributed by atoms with Gasteiger partial charge in [-0.3, -0.25) is 0 Å². The number of hydrogen-bond donors (Lipinski definition) is 2. The van der Waals surface area contributed by atoms with Crippen LogP contribution in [0, 0.1) is 11.8 Å². The third kappa shape index (κ3) is 4.77. The van der Waals surface area contributed by atoms with Crippen LogP contribution in [0.1, 0.15) is 29.5 Å². The molecule has 2 bridgehead atoms. The normalized spacial score (nSPS) is 21.8. The van der Waals surface area contributed by atoms with Crippen LogP contribution in [0.2, 0.25) is 0 Å². The summed E-state index contributed by atoms with van der Waals surface area (Å²) >= 11 is 0. The fraction of sp³-hybridized carbons (Fsp3) is 0.333. The zero-order valence-electron chi connectivity index (χ0n) is 18.8. The summed E-state index contributed by atoms with van der Waals surface area (Å²) in [7, 11) is -1.84. The van der Waals surface area contributed by atoms with E-state index < -0.39 is 10.0 Å². The lowest BCUT2D eigenvalue weighted by Gasteiger charge is -2.23. The maximum atomic E-state index is 13.0. The molecule has 0 amide bonds. The summed E-state index contributed by atoms with van der Waals surface area (Å²) in [4.78, 5) is 0.344. The number of anilines is 1. The lowest BCUT2D eigenvalue weighted by Crippen LogP contribution is -2.41. The second kappa shape index (κ2) is 9.20. The summed E-state index contributed by atoms with van der Waals surface area (Å²) in [5.41, 5.74) is 4.98. The first kappa shape index (κ1) is 22.0. The lowest BCUT2D eigenvalue weighted by atomic mass is 9.93. The molecule has 0 heterocycles. The highest BCUT2D eigenvalue weighted by Gasteiger charge is 2.41. The molecule has 2 aliphatic rings. The second-order valence-electron chi connectivity index (χ2n) is 9.15. The average molecular weight is 463 g/mol. The van der Waals surface area contributed by atoms with Crippen LogP contribution >= 0.6 is 0 Å². The van der Waals surface area contributed by atoms with Crippen LogP contribution < -0.4 is 14.8 Å². The molecular weight excluding hydrogens is 432 g/mol. The molecule has 172 valence electrons. The van der Waals surface area contributed by atoms with Crippen molar-refractivity contribution in [1.29, 1.82) is 0 Å². The van der Waals surface area contributed by atoms with Crippen molar-refractivity contribution in [1.82, 2.24) is 4.72 Å². The summed E-state index contributed by atoms with van der Waals surface area (Å²) in [6, 6.07) is 23.4. The van der Waals surface area contributed by atoms with Crippen molar-refractivity contribution < 1.29 is 13.2 Å². The van der Waals surface area contributed by atoms with Gasteiger partial charge in [0.2, 0.25) is 10.0 Å². The van der Waals surface area contributed by atoms with E-state index in [0.717, 1.165) is 43.7 Å². The van der Waals surface area contributed by atoms with Crippen LogP contribution in [0.5, 0.6) is 5.75 Å². The van der Waals surface area contributed by atoms with E-state index in [1.807, 2.05) is 18.2 Å². The third-order valence-electron chi connectivity index (χ3n) is 7.09. The molecule has 6 heteroatoms. The Kier molecular flexibility index (Phi) is 6.13. The lowest BCUT2D eigenvalue weighted by molar-refractivity contribution is 0.386. The van der Waals surface area contributed by atoms with Crippen LogP contribution in [-0.4, -0.2) is 21.6 Å². The van der Waals surface area contributed by atoms with E-state index in [1.165, 1.54) is 16.7 Å². The van der Waals surface area contributed by atoms with Gasteiger partial charge in [0.05, 0.1) is 12.0 Å². The van der Waals surface area contributed by atoms with Gasteiger partial charge in [0.1, 0.15) is 5.75 Å². The van der Waals surface area contributed by atoms with E-state index in [2.05, 4.69) is 40.4 Å². The van der Waals surface area contributed by atoms with Crippen LogP contribution in [-0.2, 0) is 29.4 Å². The first-order valence-electron chi connectivity index (χ1n) is 11.6. The zero-order valence-corrected chi connectivity index (χ0v) is 19.6. The van der Waals surface area contributed by atoms with Crippen LogP contribution in [0.25, 0.3) is 0 Å². The van der Waals surface area contributed by atoms with E-state index in [4.69, 9.17) is 4.74 Å². The maximum absolute atomic E-state index is 13.0. The van der Waals surface area contributed by atoms with Crippen LogP contribution in [0.4, 0.5) is 5.69 Å². The van der Waals surface area contributed by atoms with Crippen molar-refractivity contribution in [3.63, 3.8) is 0 Å². The fourth-order valence-electron chi connectivity index (χ4n) is 5.31. The number of methoxy groups -OCH3 is 1. The van der Waals surface area contributed by atoms with Gasteiger partial charge in [-0.05, 0) is 90.6 Å². The Balaban J connectivity index is 1.29. The molecule has 0 aromatic heterocycles. The monoisotopic (exact) mass is 462 g/mol. The average Bonchev–Trinajstić information content (AvgIpc) is 3.11. The second-order valence-corrected chi connectivity index (χ2v) is 10.9. The van der Waals surface area contributed by atoms with Gasteiger partial charge in [-0.2, -0.15) is 0 Å². The first-order chi connectivity index (χ1) is 16.0. The predicted molar refractivity (Wildman–Crippen MR) is 131 cm³/mol. The maximum Gasteiger partial charge on any atom is 0.240 e. The molecule has 3 unspecified atom stereocenters. The predicted octanol–water partition coefficient (Wildman–Crippen LogP) is 4.78. The van der Waals surface area contributed by atoms with E-state index in [0.29, 0.717) is 16.7 Å². The Morgan fingerprint density at radius 3 is 2.27 bits per heavy atom. The Labute approximate surface area is 196 Å². The summed E-state index contributed by atoms with van der Waals surface area (Å²) in [6.45, 7) is 0.744. The van der Waals surface area contributed by atoms with Gasteiger partial charge < -0.3 is 10.1 Å². The molecule has 0 radical (unpaired) electrons. The molecule has 3 aromatic rings. The topological polar surface area (TPSA) is 67.4 Å². The number of sulfonamides is 1. The van der Waals surface area contributed by atoms with Crippen molar-refractivity contribution in [3.8, 4) is 5.75 Å². The molecule has 0 spiro atoms. The number of nitrogens with one attached hydrogen (secondary N) is 2. The van der Waals surface area contributed by atoms with E-state index >= 15 is 0 Å². The SMILES string of the molecule is COc1ccc(CNc2ccc3c(c2)CC2CCC(C3)C2NS(=O)(=O)c2ccccc2)cc1. The quantitative estimate of drug-likeness (QED) is 0.530. The molecule has 1 fully saturated rings. The van der Waals surface area contributed by atoms with E-state index in [-0.39, 0.29) is 6.04 Å². The van der Waals surface area contributed by atoms with Crippen molar-refractivity contribution >= 4 is 15.7 Å². The zero-order chi connectivity index (χ0) is 22.8. The highest BCUT2D eigenvalue weighted by molar-refractivity contribution is 7.89. The highest BCUT2D eigenvalue weighted by atomic mass is 32.2. The summed E-state index contributed by atoms with van der Waals surface area (Å²) in [5, 5.41) is 3.53. The Morgan fingerprint density at radius 1 is 0.879 bits per heavy atom. The third-order valence-corrected chi connectivity index (χ3v) is 8.57. The molecule has 3 atom stereocenters. The fourth-order valence-corrected chi connectivity index (χ4v) is 6.70. The largest absolute Gasteiger partial charge is 0.497 e. The van der Waals surface area contributed by atoms with E-state index in [1.54, 1.807) is 31.4 Å². The number of fused-ring (bicyclic) bond motifs is 3. The van der Waals surface area contributed by atoms with Gasteiger partial charge in [-0.1, -0.05) is 36.4 Å². The standard InChI is InChI=1S/C27H30N2O3S/c1-32-25-13-7-19(8-14-25)18-28-24-12-11-20-15-21-9-10-22(16-23(20)17-24)27(21)29-33(30,31)26-5-3-2-4-6-26/h2-8,11-14,17,21-22,27-29H,9-10,15-16,18H2,1H3. The minimum Gasteiger partial charge on any atom is -0.497 e. The number of ether oxygens (including phenoxy) is 1.